The predicted octanol–water partition coefficient (Wildman–Crippen LogP) is 1.85. The topological polar surface area (TPSA) is 90.4 Å². The molecule has 1 N–H and O–H groups in total. The van der Waals surface area contributed by atoms with E-state index in [1.54, 1.807) is 0 Å². The zero-order chi connectivity index (χ0) is 15.4. The SMILES string of the molecule is Cc1cccc(C)c1OCC(O)Cn1cnc([N+](=O)[O-])c1. The fraction of sp³-hybridized carbons (Fsp3) is 0.357. The zero-order valence-electron chi connectivity index (χ0n) is 11.9. The highest BCUT2D eigenvalue weighted by Crippen LogP contribution is 2.22. The van der Waals surface area contributed by atoms with Gasteiger partial charge < -0.3 is 24.5 Å². The van der Waals surface area contributed by atoms with Crippen molar-refractivity contribution < 1.29 is 14.8 Å². The molecular formula is C14H17N3O4. The van der Waals surface area contributed by atoms with Gasteiger partial charge in [0.15, 0.2) is 0 Å². The average Bonchev–Trinajstić information content (AvgIpc) is 2.87. The van der Waals surface area contributed by atoms with E-state index in [9.17, 15) is 15.2 Å². The van der Waals surface area contributed by atoms with E-state index in [1.165, 1.54) is 17.1 Å². The van der Waals surface area contributed by atoms with Gasteiger partial charge in [0.2, 0.25) is 6.33 Å². The zero-order valence-corrected chi connectivity index (χ0v) is 11.9. The first-order valence-electron chi connectivity index (χ1n) is 6.50. The number of nitrogens with zero attached hydrogens (tertiary/aromatic N) is 3. The third-order valence-corrected chi connectivity index (χ3v) is 3.06. The third kappa shape index (κ3) is 3.79. The van der Waals surface area contributed by atoms with Crippen LogP contribution in [0.2, 0.25) is 0 Å². The monoisotopic (exact) mass is 291 g/mol. The van der Waals surface area contributed by atoms with Gasteiger partial charge in [-0.1, -0.05) is 18.2 Å². The molecule has 0 aliphatic rings. The van der Waals surface area contributed by atoms with Gasteiger partial charge in [-0.3, -0.25) is 0 Å². The van der Waals surface area contributed by atoms with Gasteiger partial charge in [0.05, 0.1) is 6.54 Å². The van der Waals surface area contributed by atoms with E-state index in [-0.39, 0.29) is 19.0 Å². The number of ether oxygens (including phenoxy) is 1. The van der Waals surface area contributed by atoms with Crippen molar-refractivity contribution >= 4 is 5.82 Å². The lowest BCUT2D eigenvalue weighted by molar-refractivity contribution is -0.389. The van der Waals surface area contributed by atoms with Crippen LogP contribution in [0.1, 0.15) is 11.1 Å². The number of hydrogen-bond donors (Lipinski definition) is 1. The molecule has 0 aliphatic heterocycles. The van der Waals surface area contributed by atoms with Crippen LogP contribution in [0, 0.1) is 24.0 Å². The first-order valence-corrected chi connectivity index (χ1v) is 6.50. The molecule has 0 spiro atoms. The van der Waals surface area contributed by atoms with E-state index in [1.807, 2.05) is 32.0 Å². The summed E-state index contributed by atoms with van der Waals surface area (Å²) in [5, 5.41) is 20.5. The molecule has 1 heterocycles. The summed E-state index contributed by atoms with van der Waals surface area (Å²) in [4.78, 5) is 13.6. The highest BCUT2D eigenvalue weighted by atomic mass is 16.6. The number of aliphatic hydroxyl groups excluding tert-OH is 1. The Morgan fingerprint density at radius 2 is 2.10 bits per heavy atom. The number of aliphatic hydroxyl groups is 1. The number of rotatable bonds is 6. The van der Waals surface area contributed by atoms with Crippen molar-refractivity contribution in [3.05, 3.63) is 52.0 Å². The number of imidazole rings is 1. The Labute approximate surface area is 122 Å². The number of benzene rings is 1. The van der Waals surface area contributed by atoms with Crippen LogP contribution in [0.3, 0.4) is 0 Å². The Morgan fingerprint density at radius 3 is 2.67 bits per heavy atom. The molecule has 0 fully saturated rings. The third-order valence-electron chi connectivity index (χ3n) is 3.06. The quantitative estimate of drug-likeness (QED) is 0.648. The van der Waals surface area contributed by atoms with E-state index >= 15 is 0 Å². The fourth-order valence-electron chi connectivity index (χ4n) is 2.04. The van der Waals surface area contributed by atoms with Crippen molar-refractivity contribution in [3.63, 3.8) is 0 Å². The molecule has 0 saturated carbocycles. The van der Waals surface area contributed by atoms with Crippen LogP contribution in [-0.2, 0) is 6.54 Å². The van der Waals surface area contributed by atoms with Crippen LogP contribution in [0.15, 0.2) is 30.7 Å². The first-order chi connectivity index (χ1) is 9.97. The molecule has 1 atom stereocenters. The highest BCUT2D eigenvalue weighted by molar-refractivity contribution is 5.39. The predicted molar refractivity (Wildman–Crippen MR) is 76.3 cm³/mol. The molecular weight excluding hydrogens is 274 g/mol. The standard InChI is InChI=1S/C14H17N3O4/c1-10-4-3-5-11(2)14(10)21-8-12(18)6-16-7-13(15-9-16)17(19)20/h3-5,7,9,12,18H,6,8H2,1-2H3. The smallest absolute Gasteiger partial charge is 0.381 e. The summed E-state index contributed by atoms with van der Waals surface area (Å²) in [5.41, 5.74) is 2.00. The van der Waals surface area contributed by atoms with Crippen molar-refractivity contribution in [1.82, 2.24) is 9.55 Å². The van der Waals surface area contributed by atoms with Crippen molar-refractivity contribution in [2.45, 2.75) is 26.5 Å². The molecule has 0 saturated heterocycles. The number of aromatic nitrogens is 2. The Hall–Kier alpha value is -2.41. The van der Waals surface area contributed by atoms with Gasteiger partial charge in [0.1, 0.15) is 24.7 Å². The number of nitro groups is 1. The average molecular weight is 291 g/mol. The second kappa shape index (κ2) is 6.36. The highest BCUT2D eigenvalue weighted by Gasteiger charge is 2.14. The van der Waals surface area contributed by atoms with Crippen molar-refractivity contribution in [2.75, 3.05) is 6.61 Å². The van der Waals surface area contributed by atoms with Gasteiger partial charge in [0.25, 0.3) is 0 Å². The van der Waals surface area contributed by atoms with Gasteiger partial charge >= 0.3 is 5.82 Å². The largest absolute Gasteiger partial charge is 0.490 e. The molecule has 1 unspecified atom stereocenters. The van der Waals surface area contributed by atoms with Crippen LogP contribution < -0.4 is 4.74 Å². The summed E-state index contributed by atoms with van der Waals surface area (Å²) >= 11 is 0. The maximum absolute atomic E-state index is 10.5. The first kappa shape index (κ1) is 15.0. The lowest BCUT2D eigenvalue weighted by atomic mass is 10.1. The maximum atomic E-state index is 10.5. The van der Waals surface area contributed by atoms with Gasteiger partial charge in [-0.25, -0.2) is 0 Å². The Balaban J connectivity index is 1.92. The lowest BCUT2D eigenvalue weighted by Gasteiger charge is -2.15. The molecule has 0 amide bonds. The minimum Gasteiger partial charge on any atom is -0.490 e. The van der Waals surface area contributed by atoms with E-state index in [0.29, 0.717) is 0 Å². The van der Waals surface area contributed by atoms with Crippen LogP contribution in [0.5, 0.6) is 5.75 Å². The molecule has 0 radical (unpaired) electrons. The number of para-hydroxylation sites is 1. The summed E-state index contributed by atoms with van der Waals surface area (Å²) < 4.78 is 7.11. The molecule has 1 aromatic heterocycles. The van der Waals surface area contributed by atoms with Crippen molar-refractivity contribution in [3.8, 4) is 5.75 Å². The van der Waals surface area contributed by atoms with Gasteiger partial charge in [-0.15, -0.1) is 0 Å². The van der Waals surface area contributed by atoms with Gasteiger partial charge in [0, 0.05) is 0 Å². The summed E-state index contributed by atoms with van der Waals surface area (Å²) in [7, 11) is 0. The Bertz CT molecular complexity index is 619. The molecule has 0 aliphatic carbocycles. The number of hydrogen-bond acceptors (Lipinski definition) is 5. The van der Waals surface area contributed by atoms with Crippen LogP contribution >= 0.6 is 0 Å². The normalized spacial score (nSPS) is 12.1. The summed E-state index contributed by atoms with van der Waals surface area (Å²) in [5.74, 6) is 0.519. The van der Waals surface area contributed by atoms with Crippen LogP contribution in [0.25, 0.3) is 0 Å². The molecule has 1 aromatic carbocycles. The van der Waals surface area contributed by atoms with E-state index < -0.39 is 11.0 Å². The van der Waals surface area contributed by atoms with Crippen LogP contribution in [0.4, 0.5) is 5.82 Å². The van der Waals surface area contributed by atoms with Gasteiger partial charge in [-0.05, 0) is 34.9 Å². The Kier molecular flexibility index (Phi) is 4.54. The lowest BCUT2D eigenvalue weighted by Crippen LogP contribution is -2.23. The molecule has 21 heavy (non-hydrogen) atoms. The molecule has 7 heteroatoms. The molecule has 2 aromatic rings. The minimum atomic E-state index is -0.780. The summed E-state index contributed by atoms with van der Waals surface area (Å²) in [6.07, 6.45) is 1.82. The van der Waals surface area contributed by atoms with Crippen molar-refractivity contribution in [2.24, 2.45) is 0 Å². The van der Waals surface area contributed by atoms with E-state index in [4.69, 9.17) is 4.74 Å². The molecule has 0 bridgehead atoms. The van der Waals surface area contributed by atoms with Crippen LogP contribution in [-0.4, -0.2) is 32.3 Å². The molecule has 112 valence electrons. The summed E-state index contributed by atoms with van der Waals surface area (Å²) in [6, 6.07) is 5.82. The summed E-state index contributed by atoms with van der Waals surface area (Å²) in [6.45, 7) is 4.17. The van der Waals surface area contributed by atoms with E-state index in [0.717, 1.165) is 16.9 Å². The maximum Gasteiger partial charge on any atom is 0.381 e. The van der Waals surface area contributed by atoms with Gasteiger partial charge in [-0.2, -0.15) is 0 Å². The van der Waals surface area contributed by atoms with Crippen molar-refractivity contribution in [1.29, 1.82) is 0 Å². The second-order valence-corrected chi connectivity index (χ2v) is 4.87. The second-order valence-electron chi connectivity index (χ2n) is 4.87. The van der Waals surface area contributed by atoms with E-state index in [2.05, 4.69) is 4.98 Å². The number of aryl methyl sites for hydroxylation is 2. The molecule has 2 rings (SSSR count). The Morgan fingerprint density at radius 1 is 1.43 bits per heavy atom. The minimum absolute atomic E-state index is 0.109. The molecule has 7 nitrogen and oxygen atoms in total. The fourth-order valence-corrected chi connectivity index (χ4v) is 2.04.